The Morgan fingerprint density at radius 2 is 1.65 bits per heavy atom. The van der Waals surface area contributed by atoms with Crippen molar-refractivity contribution in [1.82, 2.24) is 9.97 Å². The van der Waals surface area contributed by atoms with Crippen molar-refractivity contribution >= 4 is 28.5 Å². The number of carbonyl (C=O) groups is 2. The molecule has 0 spiro atoms. The van der Waals surface area contributed by atoms with Crippen LogP contribution in [0.3, 0.4) is 0 Å². The van der Waals surface area contributed by atoms with Gasteiger partial charge in [-0.1, -0.05) is 18.2 Å². The van der Waals surface area contributed by atoms with Crippen LogP contribution in [-0.2, 0) is 4.79 Å². The zero-order chi connectivity index (χ0) is 23.5. The van der Waals surface area contributed by atoms with Gasteiger partial charge in [0.05, 0.1) is 16.9 Å². The van der Waals surface area contributed by atoms with E-state index in [-0.39, 0.29) is 17.7 Å². The molecule has 4 aromatic rings. The third-order valence-electron chi connectivity index (χ3n) is 6.35. The molecular weight excluding hydrogens is 430 g/mol. The normalized spacial score (nSPS) is 17.9. The molecule has 7 nitrogen and oxygen atoms in total. The molecule has 2 heterocycles. The summed E-state index contributed by atoms with van der Waals surface area (Å²) in [5.74, 6) is 0.292. The zero-order valence-electron chi connectivity index (χ0n) is 18.5. The van der Waals surface area contributed by atoms with Gasteiger partial charge in [-0.15, -0.1) is 0 Å². The SMILES string of the molecule is O=C(c1ccc(Oc2ccccc2)cc1)c1c[nH]c2nccc(N[C@H]3CC[C@H](C(=O)O)CC3)c12. The number of aliphatic carboxylic acids is 1. The van der Waals surface area contributed by atoms with Crippen LogP contribution in [0.5, 0.6) is 11.5 Å². The van der Waals surface area contributed by atoms with Crippen molar-refractivity contribution in [3.05, 3.63) is 84.2 Å². The van der Waals surface area contributed by atoms with Crippen LogP contribution < -0.4 is 10.1 Å². The number of rotatable bonds is 7. The fourth-order valence-corrected chi connectivity index (χ4v) is 4.52. The average molecular weight is 456 g/mol. The van der Waals surface area contributed by atoms with Gasteiger partial charge in [0.2, 0.25) is 0 Å². The van der Waals surface area contributed by atoms with Crippen LogP contribution in [0.2, 0.25) is 0 Å². The largest absolute Gasteiger partial charge is 0.481 e. The molecule has 172 valence electrons. The number of H-pyrrole nitrogens is 1. The average Bonchev–Trinajstić information content (AvgIpc) is 3.30. The number of ether oxygens (including phenoxy) is 1. The number of aromatic amines is 1. The molecule has 1 aliphatic carbocycles. The number of hydrogen-bond acceptors (Lipinski definition) is 5. The number of pyridine rings is 1. The number of fused-ring (bicyclic) bond motifs is 1. The van der Waals surface area contributed by atoms with Crippen LogP contribution in [0.15, 0.2) is 73.1 Å². The van der Waals surface area contributed by atoms with Gasteiger partial charge in [-0.3, -0.25) is 9.59 Å². The molecule has 34 heavy (non-hydrogen) atoms. The molecule has 0 saturated heterocycles. The second-order valence-electron chi connectivity index (χ2n) is 8.58. The number of aromatic nitrogens is 2. The predicted octanol–water partition coefficient (Wildman–Crippen LogP) is 5.64. The van der Waals surface area contributed by atoms with Gasteiger partial charge in [-0.2, -0.15) is 0 Å². The molecule has 7 heteroatoms. The van der Waals surface area contributed by atoms with E-state index in [2.05, 4.69) is 15.3 Å². The van der Waals surface area contributed by atoms with Gasteiger partial charge in [0.25, 0.3) is 0 Å². The third-order valence-corrected chi connectivity index (χ3v) is 6.35. The number of carboxylic acid groups (broad SMARTS) is 1. The highest BCUT2D eigenvalue weighted by atomic mass is 16.5. The second kappa shape index (κ2) is 9.39. The maximum Gasteiger partial charge on any atom is 0.306 e. The van der Waals surface area contributed by atoms with Crippen LogP contribution in [0.1, 0.15) is 41.6 Å². The minimum absolute atomic E-state index is 0.108. The van der Waals surface area contributed by atoms with E-state index in [0.29, 0.717) is 35.4 Å². The molecule has 0 aliphatic heterocycles. The lowest BCUT2D eigenvalue weighted by molar-refractivity contribution is -0.142. The minimum atomic E-state index is -0.719. The highest BCUT2D eigenvalue weighted by Crippen LogP contribution is 2.32. The first-order valence-electron chi connectivity index (χ1n) is 11.4. The fourth-order valence-electron chi connectivity index (χ4n) is 4.52. The Hall–Kier alpha value is -4.13. The highest BCUT2D eigenvalue weighted by Gasteiger charge is 2.27. The number of anilines is 1. The molecule has 0 radical (unpaired) electrons. The Bertz CT molecular complexity index is 1310. The molecule has 2 aromatic carbocycles. The second-order valence-corrected chi connectivity index (χ2v) is 8.58. The van der Waals surface area contributed by atoms with Crippen molar-refractivity contribution in [3.8, 4) is 11.5 Å². The molecule has 1 saturated carbocycles. The Balaban J connectivity index is 1.35. The number of carbonyl (C=O) groups excluding carboxylic acids is 1. The molecule has 2 aromatic heterocycles. The van der Waals surface area contributed by atoms with Crippen molar-refractivity contribution < 1.29 is 19.4 Å². The summed E-state index contributed by atoms with van der Waals surface area (Å²) in [6, 6.07) is 18.6. The van der Waals surface area contributed by atoms with E-state index >= 15 is 0 Å². The number of benzene rings is 2. The molecule has 0 amide bonds. The first-order chi connectivity index (χ1) is 16.6. The van der Waals surface area contributed by atoms with Crippen LogP contribution in [0, 0.1) is 5.92 Å². The van der Waals surface area contributed by atoms with Crippen molar-refractivity contribution in [2.75, 3.05) is 5.32 Å². The van der Waals surface area contributed by atoms with E-state index in [0.717, 1.165) is 29.7 Å². The summed E-state index contributed by atoms with van der Waals surface area (Å²) >= 11 is 0. The lowest BCUT2D eigenvalue weighted by Gasteiger charge is -2.28. The molecule has 1 fully saturated rings. The summed E-state index contributed by atoms with van der Waals surface area (Å²) < 4.78 is 5.83. The van der Waals surface area contributed by atoms with E-state index in [1.807, 2.05) is 36.4 Å². The van der Waals surface area contributed by atoms with E-state index in [1.54, 1.807) is 36.7 Å². The van der Waals surface area contributed by atoms with E-state index in [9.17, 15) is 14.7 Å². The fraction of sp³-hybridized carbons (Fsp3) is 0.222. The summed E-state index contributed by atoms with van der Waals surface area (Å²) in [6.45, 7) is 0. The van der Waals surface area contributed by atoms with Crippen LogP contribution >= 0.6 is 0 Å². The highest BCUT2D eigenvalue weighted by molar-refractivity contribution is 6.18. The van der Waals surface area contributed by atoms with Crippen LogP contribution in [0.25, 0.3) is 11.0 Å². The predicted molar refractivity (Wildman–Crippen MR) is 129 cm³/mol. The quantitative estimate of drug-likeness (QED) is 0.312. The molecule has 0 bridgehead atoms. The van der Waals surface area contributed by atoms with Crippen molar-refractivity contribution in [1.29, 1.82) is 0 Å². The van der Waals surface area contributed by atoms with Crippen molar-refractivity contribution in [2.45, 2.75) is 31.7 Å². The summed E-state index contributed by atoms with van der Waals surface area (Å²) in [5.41, 5.74) is 2.56. The smallest absolute Gasteiger partial charge is 0.306 e. The summed E-state index contributed by atoms with van der Waals surface area (Å²) in [5, 5.41) is 13.5. The van der Waals surface area contributed by atoms with Gasteiger partial charge in [0.15, 0.2) is 5.78 Å². The summed E-state index contributed by atoms with van der Waals surface area (Å²) in [6.07, 6.45) is 6.25. The number of para-hydroxylation sites is 1. The topological polar surface area (TPSA) is 104 Å². The molecule has 5 rings (SSSR count). The number of hydrogen-bond donors (Lipinski definition) is 3. The Kier molecular flexibility index (Phi) is 5.99. The number of nitrogens with zero attached hydrogens (tertiary/aromatic N) is 1. The molecule has 1 aliphatic rings. The Morgan fingerprint density at radius 1 is 0.941 bits per heavy atom. The molecule has 3 N–H and O–H groups in total. The van der Waals surface area contributed by atoms with Crippen LogP contribution in [-0.4, -0.2) is 32.9 Å². The van der Waals surface area contributed by atoms with Gasteiger partial charge < -0.3 is 20.1 Å². The van der Waals surface area contributed by atoms with Gasteiger partial charge >= 0.3 is 5.97 Å². The Morgan fingerprint density at radius 3 is 2.35 bits per heavy atom. The monoisotopic (exact) mass is 455 g/mol. The summed E-state index contributed by atoms with van der Waals surface area (Å²) in [7, 11) is 0. The number of carboxylic acids is 1. The van der Waals surface area contributed by atoms with Gasteiger partial charge in [0, 0.05) is 29.7 Å². The zero-order valence-corrected chi connectivity index (χ0v) is 18.5. The minimum Gasteiger partial charge on any atom is -0.481 e. The van der Waals surface area contributed by atoms with E-state index < -0.39 is 5.97 Å². The van der Waals surface area contributed by atoms with Gasteiger partial charge in [-0.25, -0.2) is 4.98 Å². The van der Waals surface area contributed by atoms with E-state index in [4.69, 9.17) is 4.74 Å². The first-order valence-corrected chi connectivity index (χ1v) is 11.4. The van der Waals surface area contributed by atoms with Crippen LogP contribution in [0.4, 0.5) is 5.69 Å². The Labute approximate surface area is 196 Å². The van der Waals surface area contributed by atoms with Crippen molar-refractivity contribution in [3.63, 3.8) is 0 Å². The standard InChI is InChI=1S/C27H25N3O4/c31-25(17-8-12-21(13-9-17)34-20-4-2-1-3-5-20)22-16-29-26-24(22)23(14-15-28-26)30-19-10-6-18(7-11-19)27(32)33/h1-5,8-9,12-16,18-19H,6-7,10-11H2,(H,32,33)(H2,28,29,30)/t18-,19-. The lowest BCUT2D eigenvalue weighted by Crippen LogP contribution is -2.29. The molecular formula is C27H25N3O4. The molecule has 0 atom stereocenters. The lowest BCUT2D eigenvalue weighted by atomic mass is 9.86. The number of ketones is 1. The van der Waals surface area contributed by atoms with Crippen molar-refractivity contribution in [2.24, 2.45) is 5.92 Å². The van der Waals surface area contributed by atoms with Gasteiger partial charge in [-0.05, 0) is 68.1 Å². The third kappa shape index (κ3) is 4.50. The maximum atomic E-state index is 13.4. The van der Waals surface area contributed by atoms with Gasteiger partial charge in [0.1, 0.15) is 17.1 Å². The maximum absolute atomic E-state index is 13.4. The van der Waals surface area contributed by atoms with E-state index in [1.165, 1.54) is 0 Å². The number of nitrogens with one attached hydrogen (secondary N) is 2. The molecule has 0 unspecified atom stereocenters. The summed E-state index contributed by atoms with van der Waals surface area (Å²) in [4.78, 5) is 32.1. The first kappa shape index (κ1) is 21.7.